The lowest BCUT2D eigenvalue weighted by Gasteiger charge is -2.12. The molecule has 13 heavy (non-hydrogen) atoms. The van der Waals surface area contributed by atoms with Gasteiger partial charge in [0.1, 0.15) is 0 Å². The lowest BCUT2D eigenvalue weighted by molar-refractivity contribution is 0.101. The van der Waals surface area contributed by atoms with Gasteiger partial charge in [-0.2, -0.15) is 0 Å². The van der Waals surface area contributed by atoms with Gasteiger partial charge in [0, 0.05) is 17.3 Å². The summed E-state index contributed by atoms with van der Waals surface area (Å²) in [6, 6.07) is 7.92. The van der Waals surface area contributed by atoms with E-state index in [0.717, 1.165) is 11.3 Å². The topological polar surface area (TPSA) is 29.1 Å². The Morgan fingerprint density at radius 3 is 2.46 bits per heavy atom. The van der Waals surface area contributed by atoms with Crippen LogP contribution in [0.1, 0.15) is 31.1 Å². The van der Waals surface area contributed by atoms with Crippen LogP contribution in [0.4, 0.5) is 5.69 Å². The predicted molar refractivity (Wildman–Crippen MR) is 55.2 cm³/mol. The Labute approximate surface area is 79.0 Å². The van der Waals surface area contributed by atoms with E-state index in [1.165, 1.54) is 0 Å². The van der Waals surface area contributed by atoms with Crippen LogP contribution >= 0.6 is 0 Å². The molecule has 0 fully saturated rings. The first kappa shape index (κ1) is 9.78. The molecule has 0 radical (unpaired) electrons. The third-order valence-electron chi connectivity index (χ3n) is 1.75. The predicted octanol–water partition coefficient (Wildman–Crippen LogP) is 2.71. The van der Waals surface area contributed by atoms with Crippen molar-refractivity contribution in [3.05, 3.63) is 29.8 Å². The maximum atomic E-state index is 11.2. The minimum absolute atomic E-state index is 0.101. The second-order valence-electron chi connectivity index (χ2n) is 3.40. The highest BCUT2D eigenvalue weighted by molar-refractivity contribution is 5.99. The highest BCUT2D eigenvalue weighted by atomic mass is 16.1. The highest BCUT2D eigenvalue weighted by Gasteiger charge is 2.05. The van der Waals surface area contributed by atoms with Gasteiger partial charge in [-0.25, -0.2) is 0 Å². The van der Waals surface area contributed by atoms with E-state index in [1.807, 2.05) is 24.3 Å². The van der Waals surface area contributed by atoms with Crippen LogP contribution in [0.5, 0.6) is 0 Å². The number of benzene rings is 1. The van der Waals surface area contributed by atoms with Gasteiger partial charge in [-0.15, -0.1) is 0 Å². The van der Waals surface area contributed by atoms with Crippen LogP contribution in [0.25, 0.3) is 0 Å². The van der Waals surface area contributed by atoms with Crippen molar-refractivity contribution in [2.45, 2.75) is 26.8 Å². The lowest BCUT2D eigenvalue weighted by atomic mass is 10.1. The number of Topliss-reactive ketones (excluding diaryl/α,β-unsaturated/α-hetero) is 1. The summed E-state index contributed by atoms with van der Waals surface area (Å²) in [5.74, 6) is 0.101. The molecule has 0 bridgehead atoms. The van der Waals surface area contributed by atoms with E-state index in [4.69, 9.17) is 0 Å². The van der Waals surface area contributed by atoms with Crippen molar-refractivity contribution in [3.8, 4) is 0 Å². The van der Waals surface area contributed by atoms with Gasteiger partial charge < -0.3 is 5.32 Å². The zero-order chi connectivity index (χ0) is 9.84. The third kappa shape index (κ3) is 2.58. The van der Waals surface area contributed by atoms with Crippen LogP contribution in [0.3, 0.4) is 0 Å². The second kappa shape index (κ2) is 4.08. The van der Waals surface area contributed by atoms with E-state index in [9.17, 15) is 4.79 Å². The van der Waals surface area contributed by atoms with Gasteiger partial charge in [-0.05, 0) is 32.9 Å². The Morgan fingerprint density at radius 2 is 1.92 bits per heavy atom. The van der Waals surface area contributed by atoms with Gasteiger partial charge in [0.15, 0.2) is 5.78 Å². The first-order valence-electron chi connectivity index (χ1n) is 4.47. The highest BCUT2D eigenvalue weighted by Crippen LogP contribution is 2.16. The average Bonchev–Trinajstić information content (AvgIpc) is 2.03. The fraction of sp³-hybridized carbons (Fsp3) is 0.364. The molecule has 0 saturated carbocycles. The molecule has 1 aromatic carbocycles. The van der Waals surface area contributed by atoms with Crippen molar-refractivity contribution in [2.75, 3.05) is 5.32 Å². The van der Waals surface area contributed by atoms with Crippen molar-refractivity contribution in [1.82, 2.24) is 0 Å². The molecule has 2 heteroatoms. The Morgan fingerprint density at radius 1 is 1.31 bits per heavy atom. The molecule has 70 valence electrons. The Kier molecular flexibility index (Phi) is 3.07. The van der Waals surface area contributed by atoms with Crippen molar-refractivity contribution >= 4 is 11.5 Å². The molecule has 0 heterocycles. The van der Waals surface area contributed by atoms with Crippen LogP contribution in [0.2, 0.25) is 0 Å². The molecular formula is C11H15NO. The summed E-state index contributed by atoms with van der Waals surface area (Å²) < 4.78 is 0. The molecule has 0 aliphatic rings. The molecule has 1 N–H and O–H groups in total. The van der Waals surface area contributed by atoms with Crippen molar-refractivity contribution in [2.24, 2.45) is 0 Å². The van der Waals surface area contributed by atoms with Crippen molar-refractivity contribution < 1.29 is 4.79 Å². The number of anilines is 1. The molecular weight excluding hydrogens is 162 g/mol. The molecule has 0 aromatic heterocycles. The number of rotatable bonds is 3. The number of nitrogens with one attached hydrogen (secondary N) is 1. The molecule has 0 aliphatic carbocycles. The van der Waals surface area contributed by atoms with Gasteiger partial charge >= 0.3 is 0 Å². The van der Waals surface area contributed by atoms with Crippen molar-refractivity contribution in [3.63, 3.8) is 0 Å². The van der Waals surface area contributed by atoms with Crippen LogP contribution in [-0.4, -0.2) is 11.8 Å². The fourth-order valence-electron chi connectivity index (χ4n) is 1.23. The third-order valence-corrected chi connectivity index (χ3v) is 1.75. The first-order chi connectivity index (χ1) is 6.11. The Balaban J connectivity index is 2.98. The van der Waals surface area contributed by atoms with E-state index in [0.29, 0.717) is 6.04 Å². The summed E-state index contributed by atoms with van der Waals surface area (Å²) in [4.78, 5) is 11.2. The SMILES string of the molecule is CC(=O)c1ccccc1NC(C)C. The van der Waals surface area contributed by atoms with Gasteiger partial charge in [0.05, 0.1) is 0 Å². The Bertz CT molecular complexity index is 305. The van der Waals surface area contributed by atoms with Crippen LogP contribution in [0, 0.1) is 0 Å². The molecule has 2 nitrogen and oxygen atoms in total. The zero-order valence-electron chi connectivity index (χ0n) is 8.29. The molecule has 0 saturated heterocycles. The normalized spacial score (nSPS) is 10.2. The second-order valence-corrected chi connectivity index (χ2v) is 3.40. The van der Waals surface area contributed by atoms with Gasteiger partial charge in [0.2, 0.25) is 0 Å². The van der Waals surface area contributed by atoms with E-state index < -0.39 is 0 Å². The number of carbonyl (C=O) groups is 1. The van der Waals surface area contributed by atoms with Gasteiger partial charge in [0.25, 0.3) is 0 Å². The minimum atomic E-state index is 0.101. The van der Waals surface area contributed by atoms with Crippen LogP contribution < -0.4 is 5.32 Å². The standard InChI is InChI=1S/C11H15NO/c1-8(2)12-11-7-5-4-6-10(11)9(3)13/h4-8,12H,1-3H3. The quantitative estimate of drug-likeness (QED) is 0.719. The molecule has 0 amide bonds. The largest absolute Gasteiger partial charge is 0.382 e. The monoisotopic (exact) mass is 177 g/mol. The number of para-hydroxylation sites is 1. The lowest BCUT2D eigenvalue weighted by Crippen LogP contribution is -2.12. The molecule has 1 aromatic rings. The van der Waals surface area contributed by atoms with Crippen molar-refractivity contribution in [1.29, 1.82) is 0 Å². The Hall–Kier alpha value is -1.31. The summed E-state index contributed by atoms with van der Waals surface area (Å²) in [5, 5.41) is 3.23. The average molecular weight is 177 g/mol. The van der Waals surface area contributed by atoms with Gasteiger partial charge in [-0.3, -0.25) is 4.79 Å². The van der Waals surface area contributed by atoms with Crippen LogP contribution in [0.15, 0.2) is 24.3 Å². The number of ketones is 1. The molecule has 0 atom stereocenters. The molecule has 1 rings (SSSR count). The molecule has 0 aliphatic heterocycles. The van der Waals surface area contributed by atoms with E-state index in [-0.39, 0.29) is 5.78 Å². The smallest absolute Gasteiger partial charge is 0.161 e. The summed E-state index contributed by atoms with van der Waals surface area (Å²) >= 11 is 0. The summed E-state index contributed by atoms with van der Waals surface area (Å²) in [6.07, 6.45) is 0. The fourth-order valence-corrected chi connectivity index (χ4v) is 1.23. The summed E-state index contributed by atoms with van der Waals surface area (Å²) in [5.41, 5.74) is 1.68. The maximum Gasteiger partial charge on any atom is 0.161 e. The summed E-state index contributed by atoms with van der Waals surface area (Å²) in [7, 11) is 0. The zero-order valence-corrected chi connectivity index (χ0v) is 8.29. The number of hydrogen-bond donors (Lipinski definition) is 1. The summed E-state index contributed by atoms with van der Waals surface area (Å²) in [6.45, 7) is 5.69. The maximum absolute atomic E-state index is 11.2. The van der Waals surface area contributed by atoms with E-state index >= 15 is 0 Å². The first-order valence-corrected chi connectivity index (χ1v) is 4.47. The number of hydrogen-bond acceptors (Lipinski definition) is 2. The van der Waals surface area contributed by atoms with E-state index in [2.05, 4.69) is 19.2 Å². The minimum Gasteiger partial charge on any atom is -0.382 e. The van der Waals surface area contributed by atoms with Crippen LogP contribution in [-0.2, 0) is 0 Å². The van der Waals surface area contributed by atoms with Gasteiger partial charge in [-0.1, -0.05) is 12.1 Å². The van der Waals surface area contributed by atoms with E-state index in [1.54, 1.807) is 6.92 Å². The molecule has 0 spiro atoms. The number of carbonyl (C=O) groups excluding carboxylic acids is 1. The molecule has 0 unspecified atom stereocenters.